The molecule has 1 aliphatic heterocycles. The number of cyclic esters (lactones) is 1. The fourth-order valence-corrected chi connectivity index (χ4v) is 2.91. The predicted molar refractivity (Wildman–Crippen MR) is 113 cm³/mol. The van der Waals surface area contributed by atoms with Crippen molar-refractivity contribution < 1.29 is 28.2 Å². The highest BCUT2D eigenvalue weighted by Crippen LogP contribution is 2.31. The SMILES string of the molecule is CCOc1cc(/C=C2/N=C(c3ccco3)OC2=O)ccc1OC(=O)c1ccc(Cl)cc1. The van der Waals surface area contributed by atoms with E-state index in [0.717, 1.165) is 0 Å². The van der Waals surface area contributed by atoms with E-state index in [1.165, 1.54) is 6.26 Å². The van der Waals surface area contributed by atoms with E-state index in [9.17, 15) is 9.59 Å². The maximum absolute atomic E-state index is 12.4. The quantitative estimate of drug-likeness (QED) is 0.310. The van der Waals surface area contributed by atoms with E-state index in [-0.39, 0.29) is 17.3 Å². The summed E-state index contributed by atoms with van der Waals surface area (Å²) in [5.41, 5.74) is 1.08. The molecule has 0 saturated carbocycles. The molecule has 0 atom stereocenters. The van der Waals surface area contributed by atoms with E-state index < -0.39 is 11.9 Å². The number of hydrogen-bond acceptors (Lipinski definition) is 7. The van der Waals surface area contributed by atoms with Gasteiger partial charge in [0.2, 0.25) is 0 Å². The molecule has 3 aromatic rings. The number of esters is 2. The number of hydrogen-bond donors (Lipinski definition) is 0. The maximum atomic E-state index is 12.4. The minimum absolute atomic E-state index is 0.0970. The van der Waals surface area contributed by atoms with Crippen LogP contribution in [-0.2, 0) is 9.53 Å². The first-order valence-electron chi connectivity index (χ1n) is 9.34. The van der Waals surface area contributed by atoms with E-state index in [0.29, 0.717) is 34.3 Å². The highest BCUT2D eigenvalue weighted by atomic mass is 35.5. The van der Waals surface area contributed by atoms with Crippen molar-refractivity contribution in [2.24, 2.45) is 4.99 Å². The number of carbonyl (C=O) groups is 2. The standard InChI is InChI=1S/C23H16ClNO6/c1-2-28-20-13-14(12-17-23(27)31-21(25-17)19-4-3-11-29-19)5-10-18(20)30-22(26)15-6-8-16(24)9-7-15/h3-13H,2H2,1H3/b17-12+. The molecule has 8 heteroatoms. The van der Waals surface area contributed by atoms with Gasteiger partial charge in [-0.05, 0) is 67.1 Å². The average molecular weight is 438 g/mol. The lowest BCUT2D eigenvalue weighted by atomic mass is 10.1. The molecule has 0 N–H and O–H groups in total. The molecular weight excluding hydrogens is 422 g/mol. The maximum Gasteiger partial charge on any atom is 0.363 e. The number of nitrogens with zero attached hydrogens (tertiary/aromatic N) is 1. The van der Waals surface area contributed by atoms with Crippen molar-refractivity contribution in [1.82, 2.24) is 0 Å². The van der Waals surface area contributed by atoms with E-state index in [1.807, 2.05) is 6.92 Å². The molecule has 2 heterocycles. The Labute approximate surface area is 182 Å². The Morgan fingerprint density at radius 3 is 2.65 bits per heavy atom. The van der Waals surface area contributed by atoms with Gasteiger partial charge >= 0.3 is 11.9 Å². The predicted octanol–water partition coefficient (Wildman–Crippen LogP) is 4.90. The summed E-state index contributed by atoms with van der Waals surface area (Å²) in [6.45, 7) is 2.17. The van der Waals surface area contributed by atoms with Gasteiger partial charge in [0, 0.05) is 5.02 Å². The number of aliphatic imine (C=N–C) groups is 1. The molecule has 0 fully saturated rings. The molecule has 156 valence electrons. The van der Waals surface area contributed by atoms with Gasteiger partial charge in [-0.15, -0.1) is 0 Å². The van der Waals surface area contributed by atoms with Crippen molar-refractivity contribution in [3.63, 3.8) is 0 Å². The summed E-state index contributed by atoms with van der Waals surface area (Å²) >= 11 is 5.85. The van der Waals surface area contributed by atoms with Crippen LogP contribution in [0.4, 0.5) is 0 Å². The summed E-state index contributed by atoms with van der Waals surface area (Å²) < 4.78 is 21.4. The molecule has 0 amide bonds. The van der Waals surface area contributed by atoms with Crippen molar-refractivity contribution in [2.75, 3.05) is 6.61 Å². The second-order valence-electron chi connectivity index (χ2n) is 6.35. The Balaban J connectivity index is 1.58. The number of ether oxygens (including phenoxy) is 3. The fourth-order valence-electron chi connectivity index (χ4n) is 2.78. The fraction of sp³-hybridized carbons (Fsp3) is 0.0870. The molecule has 0 radical (unpaired) electrons. The van der Waals surface area contributed by atoms with Gasteiger partial charge in [0.1, 0.15) is 0 Å². The van der Waals surface area contributed by atoms with Gasteiger partial charge in [-0.1, -0.05) is 17.7 Å². The summed E-state index contributed by atoms with van der Waals surface area (Å²) in [4.78, 5) is 28.7. The van der Waals surface area contributed by atoms with Crippen molar-refractivity contribution >= 4 is 35.5 Å². The summed E-state index contributed by atoms with van der Waals surface area (Å²) in [7, 11) is 0. The van der Waals surface area contributed by atoms with Gasteiger partial charge in [-0.3, -0.25) is 0 Å². The van der Waals surface area contributed by atoms with E-state index in [4.69, 9.17) is 30.2 Å². The lowest BCUT2D eigenvalue weighted by Crippen LogP contribution is -2.09. The Hall–Kier alpha value is -3.84. The number of rotatable bonds is 6. The van der Waals surface area contributed by atoms with Crippen LogP contribution in [0, 0.1) is 0 Å². The summed E-state index contributed by atoms with van der Waals surface area (Å²) in [5.74, 6) is -0.0899. The summed E-state index contributed by atoms with van der Waals surface area (Å²) in [6.07, 6.45) is 3.01. The topological polar surface area (TPSA) is 87.3 Å². The molecule has 0 bridgehead atoms. The molecule has 31 heavy (non-hydrogen) atoms. The highest BCUT2D eigenvalue weighted by Gasteiger charge is 2.26. The van der Waals surface area contributed by atoms with Crippen LogP contribution >= 0.6 is 11.6 Å². The Bertz CT molecular complexity index is 1180. The minimum Gasteiger partial charge on any atom is -0.490 e. The summed E-state index contributed by atoms with van der Waals surface area (Å²) in [5, 5.41) is 0.521. The zero-order chi connectivity index (χ0) is 21.8. The van der Waals surface area contributed by atoms with Gasteiger partial charge in [-0.25, -0.2) is 14.6 Å². The first-order valence-corrected chi connectivity index (χ1v) is 9.72. The van der Waals surface area contributed by atoms with Gasteiger partial charge in [0.05, 0.1) is 18.4 Å². The second-order valence-corrected chi connectivity index (χ2v) is 6.79. The second kappa shape index (κ2) is 8.89. The molecule has 7 nitrogen and oxygen atoms in total. The zero-order valence-electron chi connectivity index (χ0n) is 16.3. The third-order valence-corrected chi connectivity index (χ3v) is 4.46. The van der Waals surface area contributed by atoms with Crippen molar-refractivity contribution in [3.05, 3.63) is 88.5 Å². The molecule has 0 saturated heterocycles. The highest BCUT2D eigenvalue weighted by molar-refractivity contribution is 6.30. The third kappa shape index (κ3) is 4.67. The van der Waals surface area contributed by atoms with Gasteiger partial charge in [0.25, 0.3) is 5.90 Å². The molecule has 1 aliphatic rings. The Morgan fingerprint density at radius 2 is 1.94 bits per heavy atom. The number of furan rings is 1. The van der Waals surface area contributed by atoms with Gasteiger partial charge < -0.3 is 18.6 Å². The minimum atomic E-state index is -0.595. The van der Waals surface area contributed by atoms with Crippen molar-refractivity contribution in [1.29, 1.82) is 0 Å². The van der Waals surface area contributed by atoms with Gasteiger partial charge in [-0.2, -0.15) is 0 Å². The number of halogens is 1. The normalized spacial score (nSPS) is 14.3. The van der Waals surface area contributed by atoms with Crippen LogP contribution in [0.15, 0.2) is 76.0 Å². The van der Waals surface area contributed by atoms with Gasteiger partial charge in [0.15, 0.2) is 23.0 Å². The Morgan fingerprint density at radius 1 is 1.13 bits per heavy atom. The van der Waals surface area contributed by atoms with Crippen LogP contribution in [-0.4, -0.2) is 24.4 Å². The largest absolute Gasteiger partial charge is 0.490 e. The first kappa shape index (κ1) is 20.4. The zero-order valence-corrected chi connectivity index (χ0v) is 17.1. The summed E-state index contributed by atoms with van der Waals surface area (Å²) in [6, 6.07) is 14.6. The van der Waals surface area contributed by atoms with Crippen LogP contribution in [0.25, 0.3) is 6.08 Å². The smallest absolute Gasteiger partial charge is 0.363 e. The third-order valence-electron chi connectivity index (χ3n) is 4.21. The molecule has 0 unspecified atom stereocenters. The average Bonchev–Trinajstić information content (AvgIpc) is 3.41. The van der Waals surface area contributed by atoms with Crippen LogP contribution in [0.3, 0.4) is 0 Å². The molecule has 2 aromatic carbocycles. The van der Waals surface area contributed by atoms with Crippen molar-refractivity contribution in [2.45, 2.75) is 6.92 Å². The van der Waals surface area contributed by atoms with Crippen LogP contribution in [0.5, 0.6) is 11.5 Å². The van der Waals surface area contributed by atoms with E-state index in [2.05, 4.69) is 4.99 Å². The van der Waals surface area contributed by atoms with Crippen LogP contribution < -0.4 is 9.47 Å². The molecule has 0 aliphatic carbocycles. The molecule has 4 rings (SSSR count). The molecular formula is C23H16ClNO6. The lowest BCUT2D eigenvalue weighted by molar-refractivity contribution is -0.130. The number of carbonyl (C=O) groups excluding carboxylic acids is 2. The van der Waals surface area contributed by atoms with Crippen molar-refractivity contribution in [3.8, 4) is 11.5 Å². The Kier molecular flexibility index (Phi) is 5.86. The van der Waals surface area contributed by atoms with Crippen LogP contribution in [0.2, 0.25) is 5.02 Å². The number of benzene rings is 2. The monoisotopic (exact) mass is 437 g/mol. The van der Waals surface area contributed by atoms with Crippen LogP contribution in [0.1, 0.15) is 28.6 Å². The first-order chi connectivity index (χ1) is 15.0. The lowest BCUT2D eigenvalue weighted by Gasteiger charge is -2.11. The van der Waals surface area contributed by atoms with E-state index >= 15 is 0 Å². The van der Waals surface area contributed by atoms with E-state index in [1.54, 1.807) is 60.7 Å². The molecule has 0 spiro atoms. The molecule has 1 aromatic heterocycles.